The molecule has 0 unspecified atom stereocenters. The van der Waals surface area contributed by atoms with Crippen molar-refractivity contribution in [3.8, 4) is 0 Å². The Hall–Kier alpha value is -1.01. The Balaban J connectivity index is 2.22. The Kier molecular flexibility index (Phi) is 16.8. The van der Waals surface area contributed by atoms with Crippen LogP contribution >= 0.6 is 0 Å². The molecule has 0 radical (unpaired) electrons. The fraction of sp³-hybridized carbons (Fsp3) is 0.975. The zero-order chi connectivity index (χ0) is 41.1. The van der Waals surface area contributed by atoms with Gasteiger partial charge >= 0.3 is 5.97 Å². The lowest BCUT2D eigenvalue weighted by atomic mass is 9.78. The van der Waals surface area contributed by atoms with E-state index in [1.165, 1.54) is 14.0 Å². The van der Waals surface area contributed by atoms with Crippen LogP contribution in [0, 0.1) is 17.8 Å². The highest BCUT2D eigenvalue weighted by molar-refractivity contribution is 5.73. The second kappa shape index (κ2) is 19.2. The minimum Gasteiger partial charge on any atom is -0.459 e. The first kappa shape index (κ1) is 47.4. The van der Waals surface area contributed by atoms with Crippen LogP contribution in [0.15, 0.2) is 0 Å². The van der Waals surface area contributed by atoms with Gasteiger partial charge in [0.05, 0.1) is 47.6 Å². The third kappa shape index (κ3) is 10.7. The Bertz CT molecular complexity index is 1180. The number of carbonyl (C=O) groups excluding carboxylic acids is 1. The second-order valence-corrected chi connectivity index (χ2v) is 17.7. The Morgan fingerprint density at radius 1 is 0.926 bits per heavy atom. The number of carbonyl (C=O) groups is 1. The van der Waals surface area contributed by atoms with Gasteiger partial charge < -0.3 is 63.8 Å². The second-order valence-electron chi connectivity index (χ2n) is 17.7. The van der Waals surface area contributed by atoms with E-state index in [9.17, 15) is 30.3 Å². The molecule has 3 aliphatic rings. The summed E-state index contributed by atoms with van der Waals surface area (Å²) in [6.45, 7) is 20.9. The maximum atomic E-state index is 14.3. The van der Waals surface area contributed by atoms with Gasteiger partial charge in [-0.2, -0.15) is 0 Å². The molecule has 0 aromatic rings. The number of rotatable bonds is 9. The van der Waals surface area contributed by atoms with Crippen molar-refractivity contribution in [2.45, 2.75) is 199 Å². The van der Waals surface area contributed by atoms with Gasteiger partial charge in [0.15, 0.2) is 12.6 Å². The molecule has 18 atom stereocenters. The molecule has 0 saturated carbocycles. The molecule has 5 N–H and O–H groups in total. The van der Waals surface area contributed by atoms with E-state index in [2.05, 4.69) is 11.8 Å². The fourth-order valence-corrected chi connectivity index (χ4v) is 9.13. The first-order valence-corrected chi connectivity index (χ1v) is 20.2. The molecule has 0 spiro atoms. The van der Waals surface area contributed by atoms with E-state index >= 15 is 0 Å². The number of hydrogen-bond acceptors (Lipinski definition) is 14. The molecule has 318 valence electrons. The summed E-state index contributed by atoms with van der Waals surface area (Å²) in [5.41, 5.74) is -4.35. The van der Waals surface area contributed by atoms with E-state index in [1.54, 1.807) is 34.6 Å². The number of cyclic esters (lactones) is 1. The quantitative estimate of drug-likeness (QED) is 0.216. The lowest BCUT2D eigenvalue weighted by Gasteiger charge is -2.49. The molecule has 14 heteroatoms. The Labute approximate surface area is 324 Å². The van der Waals surface area contributed by atoms with Gasteiger partial charge in [-0.1, -0.05) is 27.7 Å². The monoisotopic (exact) mass is 777 g/mol. The van der Waals surface area contributed by atoms with Crippen LogP contribution in [0.2, 0.25) is 0 Å². The molecule has 0 aromatic carbocycles. The van der Waals surface area contributed by atoms with Crippen molar-refractivity contribution in [3.05, 3.63) is 0 Å². The molecule has 0 aromatic heterocycles. The largest absolute Gasteiger partial charge is 0.459 e. The number of esters is 1. The van der Waals surface area contributed by atoms with Crippen LogP contribution in [0.5, 0.6) is 0 Å². The summed E-state index contributed by atoms with van der Waals surface area (Å²) in [5, 5.41) is 58.7. The van der Waals surface area contributed by atoms with E-state index in [0.717, 1.165) is 6.42 Å². The topological polar surface area (TPSA) is 180 Å². The van der Waals surface area contributed by atoms with Crippen molar-refractivity contribution in [1.29, 1.82) is 0 Å². The summed E-state index contributed by atoms with van der Waals surface area (Å²) in [5.74, 6) is -2.89. The summed E-state index contributed by atoms with van der Waals surface area (Å²) in [6, 6.07) is -0.514. The molecule has 3 aliphatic heterocycles. The lowest BCUT2D eigenvalue weighted by molar-refractivity contribution is -0.320. The molecule has 0 bridgehead atoms. The number of aliphatic hydroxyl groups is 5. The van der Waals surface area contributed by atoms with Gasteiger partial charge in [-0.25, -0.2) is 0 Å². The van der Waals surface area contributed by atoms with Crippen LogP contribution in [-0.2, 0) is 33.2 Å². The third-order valence-electron chi connectivity index (χ3n) is 12.6. The van der Waals surface area contributed by atoms with Gasteiger partial charge in [-0.05, 0) is 101 Å². The zero-order valence-corrected chi connectivity index (χ0v) is 35.6. The third-order valence-corrected chi connectivity index (χ3v) is 12.6. The highest BCUT2D eigenvalue weighted by atomic mass is 16.7. The fourth-order valence-electron chi connectivity index (χ4n) is 9.13. The highest BCUT2D eigenvalue weighted by Crippen LogP contribution is 2.40. The van der Waals surface area contributed by atoms with Crippen molar-refractivity contribution in [3.63, 3.8) is 0 Å². The van der Waals surface area contributed by atoms with Gasteiger partial charge in [-0.15, -0.1) is 0 Å². The van der Waals surface area contributed by atoms with Crippen LogP contribution in [-0.4, -0.2) is 166 Å². The van der Waals surface area contributed by atoms with Crippen LogP contribution in [0.3, 0.4) is 0 Å². The maximum absolute atomic E-state index is 14.3. The molecule has 0 aliphatic carbocycles. The number of nitrogens with zero attached hydrogens (tertiary/aromatic N) is 2. The van der Waals surface area contributed by atoms with Crippen LogP contribution in [0.4, 0.5) is 0 Å². The van der Waals surface area contributed by atoms with Gasteiger partial charge in [0.1, 0.15) is 23.9 Å². The number of likely N-dealkylation sites (N-methyl/N-ethyl adjacent to an activating group) is 1. The summed E-state index contributed by atoms with van der Waals surface area (Å²) in [7, 11) is 5.28. The number of ether oxygens (including phenoxy) is 6. The van der Waals surface area contributed by atoms with E-state index in [0.29, 0.717) is 19.5 Å². The molecule has 0 amide bonds. The number of hydrogen-bond donors (Lipinski definition) is 5. The van der Waals surface area contributed by atoms with Crippen LogP contribution < -0.4 is 0 Å². The summed E-state index contributed by atoms with van der Waals surface area (Å²) in [4.78, 5) is 18.4. The van der Waals surface area contributed by atoms with Crippen molar-refractivity contribution in [2.24, 2.45) is 17.8 Å². The molecular formula is C40H76N2O12. The first-order chi connectivity index (χ1) is 24.9. The highest BCUT2D eigenvalue weighted by Gasteiger charge is 2.53. The van der Waals surface area contributed by atoms with Gasteiger partial charge in [0.2, 0.25) is 0 Å². The standard InChI is InChI=1S/C40H76N2O12/c1-15-17-42-21-22(3)33(44)40(11,48)29(16-2)52-36(46)26(7)32(54-37-31(43)28(41(12)13)18-24(5)50-37)25(6)35(38(9,47)19-23(42)4)53-30-20-39(10,49-14)34(45)27(8)51-30/h22-35,37,43-45,47-48H,15-21H2,1-14H3/t22-,23+,24+,25-,26+,27-,28-,29+,30-,31+,32-,33+,34-,35+,37-,38+,39+,40+/m0/s1. The van der Waals surface area contributed by atoms with Crippen molar-refractivity contribution < 1.29 is 58.7 Å². The van der Waals surface area contributed by atoms with Crippen molar-refractivity contribution in [1.82, 2.24) is 9.80 Å². The average Bonchev–Trinajstić information content (AvgIpc) is 3.09. The number of methoxy groups -OCH3 is 1. The predicted octanol–water partition coefficient (Wildman–Crippen LogP) is 2.68. The van der Waals surface area contributed by atoms with Crippen molar-refractivity contribution >= 4 is 5.97 Å². The zero-order valence-electron chi connectivity index (χ0n) is 35.6. The molecule has 3 rings (SSSR count). The molecular weight excluding hydrogens is 700 g/mol. The predicted molar refractivity (Wildman–Crippen MR) is 203 cm³/mol. The van der Waals surface area contributed by atoms with Gasteiger partial charge in [0, 0.05) is 38.1 Å². The van der Waals surface area contributed by atoms with Gasteiger partial charge in [0.25, 0.3) is 0 Å². The summed E-state index contributed by atoms with van der Waals surface area (Å²) in [6.07, 6.45) is -7.37. The normalized spacial score (nSPS) is 48.2. The average molecular weight is 777 g/mol. The minimum absolute atomic E-state index is 0.157. The van der Waals surface area contributed by atoms with E-state index in [1.807, 2.05) is 46.7 Å². The van der Waals surface area contributed by atoms with Crippen LogP contribution in [0.25, 0.3) is 0 Å². The van der Waals surface area contributed by atoms with Crippen LogP contribution in [0.1, 0.15) is 108 Å². The molecule has 3 heterocycles. The first-order valence-electron chi connectivity index (χ1n) is 20.2. The minimum atomic E-state index is -1.78. The lowest BCUT2D eigenvalue weighted by Crippen LogP contribution is -2.60. The smallest absolute Gasteiger partial charge is 0.311 e. The van der Waals surface area contributed by atoms with E-state index < -0.39 is 95.8 Å². The number of aliphatic hydroxyl groups excluding tert-OH is 3. The SMILES string of the molecule is CCCN1C[C@H](C)[C@@H](O)[C@](C)(O)[C@@H](CC)OC(=O)[C@H](C)[C@@H](O[C@@H]2O[C@H](C)C[C@H](N(C)C)[C@H]2O)[C@H](C)[C@@H](O[C@H]2C[C@@](C)(OC)[C@@H](O)[C@H](C)O2)[C@](C)(O)C[C@H]1C. The van der Waals surface area contributed by atoms with E-state index in [-0.39, 0.29) is 37.5 Å². The molecule has 14 nitrogen and oxygen atoms in total. The molecule has 3 fully saturated rings. The Morgan fingerprint density at radius 2 is 1.56 bits per heavy atom. The van der Waals surface area contributed by atoms with Crippen molar-refractivity contribution in [2.75, 3.05) is 34.3 Å². The molecule has 3 saturated heterocycles. The Morgan fingerprint density at radius 3 is 2.11 bits per heavy atom. The summed E-state index contributed by atoms with van der Waals surface area (Å²) < 4.78 is 37.8. The summed E-state index contributed by atoms with van der Waals surface area (Å²) >= 11 is 0. The van der Waals surface area contributed by atoms with E-state index in [4.69, 9.17) is 28.4 Å². The van der Waals surface area contributed by atoms with Gasteiger partial charge in [-0.3, -0.25) is 4.79 Å². The molecule has 54 heavy (non-hydrogen) atoms. The maximum Gasteiger partial charge on any atom is 0.311 e.